The Kier molecular flexibility index (Phi) is 7.87. The number of nitrogens with one attached hydrogen (secondary N) is 1. The summed E-state index contributed by atoms with van der Waals surface area (Å²) in [6.45, 7) is 4.44. The van der Waals surface area contributed by atoms with Crippen molar-refractivity contribution < 1.29 is 8.42 Å². The molecule has 1 aromatic carbocycles. The van der Waals surface area contributed by atoms with Crippen molar-refractivity contribution in [3.63, 3.8) is 0 Å². The second-order valence-electron chi connectivity index (χ2n) is 5.39. The molecule has 0 saturated carbocycles. The number of nitrogens with zero attached hydrogens (tertiary/aromatic N) is 1. The molecule has 0 aromatic heterocycles. The van der Waals surface area contributed by atoms with Gasteiger partial charge in [0.2, 0.25) is 0 Å². The molecule has 0 aliphatic carbocycles. The highest BCUT2D eigenvalue weighted by Crippen LogP contribution is 2.21. The lowest BCUT2D eigenvalue weighted by Crippen LogP contribution is -2.30. The smallest absolute Gasteiger partial charge is 0.148 e. The van der Waals surface area contributed by atoms with Gasteiger partial charge in [-0.1, -0.05) is 35.0 Å². The van der Waals surface area contributed by atoms with Gasteiger partial charge in [0.25, 0.3) is 0 Å². The lowest BCUT2D eigenvalue weighted by Gasteiger charge is -2.22. The van der Waals surface area contributed by atoms with E-state index in [0.717, 1.165) is 24.0 Å². The number of sulfone groups is 1. The van der Waals surface area contributed by atoms with Crippen molar-refractivity contribution in [3.8, 4) is 0 Å². The van der Waals surface area contributed by atoms with Gasteiger partial charge >= 0.3 is 0 Å². The van der Waals surface area contributed by atoms with Crippen LogP contribution in [0.1, 0.15) is 24.9 Å². The van der Waals surface area contributed by atoms with E-state index in [9.17, 15) is 8.42 Å². The van der Waals surface area contributed by atoms with Gasteiger partial charge in [-0.15, -0.1) is 0 Å². The van der Waals surface area contributed by atoms with Crippen molar-refractivity contribution in [2.75, 3.05) is 38.7 Å². The summed E-state index contributed by atoms with van der Waals surface area (Å²) in [5, 5.41) is 3.49. The molecule has 120 valence electrons. The molecule has 1 unspecified atom stereocenters. The minimum absolute atomic E-state index is 0.215. The third-order valence-electron chi connectivity index (χ3n) is 3.34. The molecular weight excluding hydrogens is 352 g/mol. The average molecular weight is 377 g/mol. The molecule has 0 fully saturated rings. The molecule has 0 spiro atoms. The molecule has 0 radical (unpaired) electrons. The molecule has 1 atom stereocenters. The second-order valence-corrected chi connectivity index (χ2v) is 8.56. The lowest BCUT2D eigenvalue weighted by molar-refractivity contribution is 0.323. The first-order chi connectivity index (χ1) is 9.81. The van der Waals surface area contributed by atoms with Crippen LogP contribution in [-0.4, -0.2) is 52.0 Å². The average Bonchev–Trinajstić information content (AvgIpc) is 2.40. The monoisotopic (exact) mass is 376 g/mol. The summed E-state index contributed by atoms with van der Waals surface area (Å²) in [4.78, 5) is 2.07. The maximum absolute atomic E-state index is 11.2. The van der Waals surface area contributed by atoms with Crippen LogP contribution >= 0.6 is 15.9 Å². The third kappa shape index (κ3) is 7.95. The van der Waals surface area contributed by atoms with E-state index in [0.29, 0.717) is 6.54 Å². The van der Waals surface area contributed by atoms with E-state index in [1.165, 1.54) is 11.8 Å². The molecule has 0 amide bonds. The lowest BCUT2D eigenvalue weighted by atomic mass is 10.0. The van der Waals surface area contributed by atoms with Crippen molar-refractivity contribution in [2.45, 2.75) is 19.4 Å². The van der Waals surface area contributed by atoms with Crippen LogP contribution in [0, 0.1) is 0 Å². The van der Waals surface area contributed by atoms with Gasteiger partial charge in [-0.05, 0) is 44.3 Å². The molecule has 1 aromatic rings. The number of halogens is 1. The Bertz CT molecular complexity index is 534. The summed E-state index contributed by atoms with van der Waals surface area (Å²) < 4.78 is 23.5. The topological polar surface area (TPSA) is 49.4 Å². The molecule has 0 bridgehead atoms. The molecule has 0 aliphatic heterocycles. The Hall–Kier alpha value is -0.430. The fourth-order valence-corrected chi connectivity index (χ4v) is 3.20. The molecule has 21 heavy (non-hydrogen) atoms. The van der Waals surface area contributed by atoms with Gasteiger partial charge in [-0.2, -0.15) is 0 Å². The van der Waals surface area contributed by atoms with Crippen molar-refractivity contribution in [1.82, 2.24) is 10.2 Å². The van der Waals surface area contributed by atoms with Crippen LogP contribution in [-0.2, 0) is 9.84 Å². The van der Waals surface area contributed by atoms with Crippen molar-refractivity contribution in [3.05, 3.63) is 34.3 Å². The maximum Gasteiger partial charge on any atom is 0.148 e. The molecule has 0 saturated heterocycles. The Morgan fingerprint density at radius 3 is 2.62 bits per heavy atom. The van der Waals surface area contributed by atoms with E-state index in [2.05, 4.69) is 45.2 Å². The Morgan fingerprint density at radius 1 is 1.33 bits per heavy atom. The van der Waals surface area contributed by atoms with Crippen LogP contribution in [0.3, 0.4) is 0 Å². The van der Waals surface area contributed by atoms with Gasteiger partial charge in [-0.25, -0.2) is 8.42 Å². The largest absolute Gasteiger partial charge is 0.310 e. The van der Waals surface area contributed by atoms with Crippen LogP contribution in [0.15, 0.2) is 28.7 Å². The van der Waals surface area contributed by atoms with Gasteiger partial charge < -0.3 is 10.2 Å². The predicted octanol–water partition coefficient (Wildman–Crippen LogP) is 2.47. The SMILES string of the molecule is CCNC(CCN(C)CCS(C)(=O)=O)c1cccc(Br)c1. The zero-order valence-electron chi connectivity index (χ0n) is 13.0. The maximum atomic E-state index is 11.2. The number of benzene rings is 1. The summed E-state index contributed by atoms with van der Waals surface area (Å²) in [6.07, 6.45) is 2.23. The first-order valence-corrected chi connectivity index (χ1v) is 10.0. The summed E-state index contributed by atoms with van der Waals surface area (Å²) >= 11 is 3.50. The Morgan fingerprint density at radius 2 is 2.05 bits per heavy atom. The predicted molar refractivity (Wildman–Crippen MR) is 92.4 cm³/mol. The van der Waals surface area contributed by atoms with E-state index in [1.54, 1.807) is 0 Å². The third-order valence-corrected chi connectivity index (χ3v) is 4.76. The molecule has 0 heterocycles. The van der Waals surface area contributed by atoms with Crippen molar-refractivity contribution in [1.29, 1.82) is 0 Å². The van der Waals surface area contributed by atoms with Crippen molar-refractivity contribution in [2.24, 2.45) is 0 Å². The van der Waals surface area contributed by atoms with Gasteiger partial charge in [0.15, 0.2) is 0 Å². The molecule has 1 rings (SSSR count). The fourth-order valence-electron chi connectivity index (χ4n) is 2.14. The summed E-state index contributed by atoms with van der Waals surface area (Å²) in [6, 6.07) is 8.59. The van der Waals surface area contributed by atoms with Gasteiger partial charge in [0, 0.05) is 23.3 Å². The summed E-state index contributed by atoms with van der Waals surface area (Å²) in [5.74, 6) is 0.215. The number of hydrogen-bond donors (Lipinski definition) is 1. The molecule has 0 aliphatic rings. The van der Waals surface area contributed by atoms with Crippen LogP contribution in [0.2, 0.25) is 0 Å². The summed E-state index contributed by atoms with van der Waals surface area (Å²) in [7, 11) is -0.922. The van der Waals surface area contributed by atoms with Gasteiger partial charge in [-0.3, -0.25) is 0 Å². The summed E-state index contributed by atoms with van der Waals surface area (Å²) in [5.41, 5.74) is 1.25. The van der Waals surface area contributed by atoms with E-state index in [-0.39, 0.29) is 11.8 Å². The first kappa shape index (κ1) is 18.6. The normalized spacial score (nSPS) is 13.6. The highest BCUT2D eigenvalue weighted by Gasteiger charge is 2.12. The molecule has 4 nitrogen and oxygen atoms in total. The molecular formula is C15H25BrN2O2S. The van der Waals surface area contributed by atoms with Gasteiger partial charge in [0.1, 0.15) is 9.84 Å². The van der Waals surface area contributed by atoms with E-state index in [4.69, 9.17) is 0 Å². The second kappa shape index (κ2) is 8.88. The highest BCUT2D eigenvalue weighted by molar-refractivity contribution is 9.10. The van der Waals surface area contributed by atoms with E-state index >= 15 is 0 Å². The standard InChI is InChI=1S/C15H25BrN2O2S/c1-4-17-15(13-6-5-7-14(16)12-13)8-9-18(2)10-11-21(3,19)20/h5-7,12,15,17H,4,8-11H2,1-3H3. The zero-order chi connectivity index (χ0) is 15.9. The van der Waals surface area contributed by atoms with E-state index < -0.39 is 9.84 Å². The van der Waals surface area contributed by atoms with Crippen LogP contribution in [0.5, 0.6) is 0 Å². The fraction of sp³-hybridized carbons (Fsp3) is 0.600. The molecule has 1 N–H and O–H groups in total. The van der Waals surface area contributed by atoms with E-state index in [1.807, 2.05) is 19.2 Å². The quantitative estimate of drug-likeness (QED) is 0.718. The number of rotatable bonds is 9. The first-order valence-electron chi connectivity index (χ1n) is 7.17. The molecule has 6 heteroatoms. The van der Waals surface area contributed by atoms with Crippen LogP contribution in [0.25, 0.3) is 0 Å². The Labute approximate surface area is 137 Å². The van der Waals surface area contributed by atoms with Crippen LogP contribution in [0.4, 0.5) is 0 Å². The highest BCUT2D eigenvalue weighted by atomic mass is 79.9. The van der Waals surface area contributed by atoms with Crippen molar-refractivity contribution >= 4 is 25.8 Å². The Balaban J connectivity index is 2.55. The minimum Gasteiger partial charge on any atom is -0.310 e. The minimum atomic E-state index is -2.89. The zero-order valence-corrected chi connectivity index (χ0v) is 15.4. The van der Waals surface area contributed by atoms with Gasteiger partial charge in [0.05, 0.1) is 5.75 Å². The number of hydrogen-bond acceptors (Lipinski definition) is 4. The van der Waals surface area contributed by atoms with Crippen LogP contribution < -0.4 is 5.32 Å².